The molecule has 5 heteroatoms. The van der Waals surface area contributed by atoms with E-state index in [9.17, 15) is 4.79 Å². The van der Waals surface area contributed by atoms with E-state index in [1.807, 2.05) is 48.5 Å². The van der Waals surface area contributed by atoms with Crippen LogP contribution >= 0.6 is 23.5 Å². The lowest BCUT2D eigenvalue weighted by Gasteiger charge is -2.08. The van der Waals surface area contributed by atoms with Crippen LogP contribution in [0.1, 0.15) is 11.1 Å². The van der Waals surface area contributed by atoms with Crippen molar-refractivity contribution in [3.8, 4) is 0 Å². The molecule has 0 atom stereocenters. The molecule has 0 fully saturated rings. The molecule has 4 rings (SSSR count). The van der Waals surface area contributed by atoms with Crippen LogP contribution in [-0.4, -0.2) is 18.2 Å². The number of allylic oxidation sites excluding steroid dienone is 2. The standard InChI is InChI=1S/C19H12N2OS2/c22-19(17-11-20-9-13-5-1-3-7-15(13)23-17)18-12-21-10-14-6-2-4-8-16(14)24-18/h1-12H. The minimum absolute atomic E-state index is 0.0484. The number of thioether (sulfide) groups is 2. The highest BCUT2D eigenvalue weighted by atomic mass is 32.2. The van der Waals surface area contributed by atoms with Crippen molar-refractivity contribution in [1.29, 1.82) is 0 Å². The molecule has 0 aromatic heterocycles. The highest BCUT2D eigenvalue weighted by Crippen LogP contribution is 2.38. The first-order valence-electron chi connectivity index (χ1n) is 7.36. The number of hydrogen-bond acceptors (Lipinski definition) is 5. The molecule has 0 saturated heterocycles. The van der Waals surface area contributed by atoms with Crippen molar-refractivity contribution < 1.29 is 4.79 Å². The molecule has 0 bridgehead atoms. The van der Waals surface area contributed by atoms with E-state index in [0.717, 1.165) is 20.9 Å². The molecule has 2 aliphatic heterocycles. The molecule has 2 heterocycles. The molecule has 0 spiro atoms. The second-order valence-electron chi connectivity index (χ2n) is 5.15. The monoisotopic (exact) mass is 348 g/mol. The Morgan fingerprint density at radius 3 is 1.67 bits per heavy atom. The Morgan fingerprint density at radius 1 is 0.708 bits per heavy atom. The second-order valence-corrected chi connectivity index (χ2v) is 7.32. The molecule has 2 aliphatic rings. The molecule has 0 radical (unpaired) electrons. The van der Waals surface area contributed by atoms with Crippen molar-refractivity contribution in [3.05, 3.63) is 81.9 Å². The molecule has 0 amide bonds. The number of nitrogens with zero attached hydrogens (tertiary/aromatic N) is 2. The van der Waals surface area contributed by atoms with Crippen molar-refractivity contribution in [2.75, 3.05) is 0 Å². The van der Waals surface area contributed by atoms with Crippen LogP contribution in [0.2, 0.25) is 0 Å². The van der Waals surface area contributed by atoms with E-state index in [0.29, 0.717) is 9.81 Å². The number of Topliss-reactive ketones (excluding diaryl/α,β-unsaturated/α-hetero) is 1. The van der Waals surface area contributed by atoms with Gasteiger partial charge in [-0.1, -0.05) is 59.9 Å². The number of carbonyl (C=O) groups excluding carboxylic acids is 1. The summed E-state index contributed by atoms with van der Waals surface area (Å²) in [6.45, 7) is 0. The second kappa shape index (κ2) is 6.63. The van der Waals surface area contributed by atoms with Gasteiger partial charge in [0.25, 0.3) is 0 Å². The van der Waals surface area contributed by atoms with Crippen LogP contribution in [0, 0.1) is 0 Å². The molecule has 0 saturated carbocycles. The van der Waals surface area contributed by atoms with Gasteiger partial charge in [0.05, 0.1) is 9.81 Å². The first-order chi connectivity index (χ1) is 11.8. The molecule has 0 N–H and O–H groups in total. The Kier molecular flexibility index (Phi) is 4.19. The smallest absolute Gasteiger partial charge is 0.209 e. The van der Waals surface area contributed by atoms with Crippen LogP contribution in [0.3, 0.4) is 0 Å². The summed E-state index contributed by atoms with van der Waals surface area (Å²) in [5.41, 5.74) is 2.04. The van der Waals surface area contributed by atoms with Crippen molar-refractivity contribution in [1.82, 2.24) is 0 Å². The number of aliphatic imine (C=N–C) groups is 2. The van der Waals surface area contributed by atoms with Gasteiger partial charge in [0.15, 0.2) is 0 Å². The topological polar surface area (TPSA) is 41.8 Å². The number of fused-ring (bicyclic) bond motifs is 2. The zero-order chi connectivity index (χ0) is 16.4. The number of hydrogen-bond donors (Lipinski definition) is 0. The van der Waals surface area contributed by atoms with E-state index in [1.54, 1.807) is 24.8 Å². The summed E-state index contributed by atoms with van der Waals surface area (Å²) in [5.74, 6) is -0.0484. The molecule has 2 aromatic rings. The Hall–Kier alpha value is -2.37. The molecule has 24 heavy (non-hydrogen) atoms. The van der Waals surface area contributed by atoms with E-state index < -0.39 is 0 Å². The number of carbonyl (C=O) groups is 1. The highest BCUT2D eigenvalue weighted by molar-refractivity contribution is 8.06. The van der Waals surface area contributed by atoms with E-state index >= 15 is 0 Å². The van der Waals surface area contributed by atoms with Crippen molar-refractivity contribution in [2.24, 2.45) is 9.98 Å². The lowest BCUT2D eigenvalue weighted by Crippen LogP contribution is -2.01. The van der Waals surface area contributed by atoms with Crippen LogP contribution < -0.4 is 0 Å². The van der Waals surface area contributed by atoms with Crippen LogP contribution in [0.15, 0.2) is 90.5 Å². The van der Waals surface area contributed by atoms with Gasteiger partial charge in [-0.3, -0.25) is 14.8 Å². The summed E-state index contributed by atoms with van der Waals surface area (Å²) >= 11 is 2.90. The molecule has 0 unspecified atom stereocenters. The summed E-state index contributed by atoms with van der Waals surface area (Å²) < 4.78 is 0. The number of rotatable bonds is 2. The molecule has 3 nitrogen and oxygen atoms in total. The maximum absolute atomic E-state index is 13.0. The SMILES string of the molecule is O=C(C1=CN=Cc2ccccc2S1)C1=CN=Cc2ccccc2S1. The predicted octanol–water partition coefficient (Wildman–Crippen LogP) is 4.69. The molecule has 2 aromatic carbocycles. The van der Waals surface area contributed by atoms with Gasteiger partial charge in [-0.25, -0.2) is 0 Å². The maximum Gasteiger partial charge on any atom is 0.209 e. The fourth-order valence-electron chi connectivity index (χ4n) is 2.35. The quantitative estimate of drug-likeness (QED) is 0.791. The zero-order valence-corrected chi connectivity index (χ0v) is 14.2. The fraction of sp³-hybridized carbons (Fsp3) is 0. The fourth-order valence-corrected chi connectivity index (χ4v) is 4.29. The van der Waals surface area contributed by atoms with E-state index in [2.05, 4.69) is 9.98 Å². The third kappa shape index (κ3) is 3.00. The van der Waals surface area contributed by atoms with Crippen LogP contribution in [0.25, 0.3) is 0 Å². The minimum Gasteiger partial charge on any atom is -0.287 e. The summed E-state index contributed by atoms with van der Waals surface area (Å²) in [7, 11) is 0. The van der Waals surface area contributed by atoms with Gasteiger partial charge in [-0.2, -0.15) is 0 Å². The normalized spacial score (nSPS) is 15.5. The molecule has 0 aliphatic carbocycles. The Labute approximate surface area is 148 Å². The van der Waals surface area contributed by atoms with Crippen molar-refractivity contribution >= 4 is 41.7 Å². The Balaban J connectivity index is 1.63. The third-order valence-corrected chi connectivity index (χ3v) is 5.74. The van der Waals surface area contributed by atoms with Crippen LogP contribution in [0.4, 0.5) is 0 Å². The lowest BCUT2D eigenvalue weighted by atomic mass is 10.2. The Bertz CT molecular complexity index is 866. The molecular weight excluding hydrogens is 336 g/mol. The summed E-state index contributed by atoms with van der Waals surface area (Å²) in [4.78, 5) is 24.8. The summed E-state index contributed by atoms with van der Waals surface area (Å²) in [6.07, 6.45) is 6.83. The van der Waals surface area contributed by atoms with Gasteiger partial charge in [0.2, 0.25) is 5.78 Å². The van der Waals surface area contributed by atoms with Crippen molar-refractivity contribution in [2.45, 2.75) is 9.79 Å². The van der Waals surface area contributed by atoms with Gasteiger partial charge >= 0.3 is 0 Å². The first kappa shape index (κ1) is 15.2. The summed E-state index contributed by atoms with van der Waals surface area (Å²) in [5, 5.41) is 0. The van der Waals surface area contributed by atoms with Gasteiger partial charge in [-0.15, -0.1) is 0 Å². The third-order valence-electron chi connectivity index (χ3n) is 3.54. The average molecular weight is 348 g/mol. The lowest BCUT2D eigenvalue weighted by molar-refractivity contribution is -0.111. The number of ketones is 1. The van der Waals surface area contributed by atoms with E-state index in [-0.39, 0.29) is 5.78 Å². The highest BCUT2D eigenvalue weighted by Gasteiger charge is 2.21. The Morgan fingerprint density at radius 2 is 1.17 bits per heavy atom. The minimum atomic E-state index is -0.0484. The average Bonchev–Trinajstić information content (AvgIpc) is 2.96. The molecule has 116 valence electrons. The zero-order valence-electron chi connectivity index (χ0n) is 12.5. The van der Waals surface area contributed by atoms with Crippen LogP contribution in [-0.2, 0) is 4.79 Å². The molecular formula is C19H12N2OS2. The first-order valence-corrected chi connectivity index (χ1v) is 9.00. The van der Waals surface area contributed by atoms with Gasteiger partial charge in [0.1, 0.15) is 0 Å². The van der Waals surface area contributed by atoms with E-state index in [1.165, 1.54) is 23.5 Å². The van der Waals surface area contributed by atoms with Gasteiger partial charge in [-0.05, 0) is 12.1 Å². The van der Waals surface area contributed by atoms with Crippen molar-refractivity contribution in [3.63, 3.8) is 0 Å². The van der Waals surface area contributed by atoms with Gasteiger partial charge in [0, 0.05) is 45.7 Å². The van der Waals surface area contributed by atoms with Crippen LogP contribution in [0.5, 0.6) is 0 Å². The maximum atomic E-state index is 13.0. The predicted molar refractivity (Wildman–Crippen MR) is 101 cm³/mol. The summed E-state index contributed by atoms with van der Waals surface area (Å²) in [6, 6.07) is 15.9. The van der Waals surface area contributed by atoms with E-state index in [4.69, 9.17) is 0 Å². The number of benzene rings is 2. The van der Waals surface area contributed by atoms with Gasteiger partial charge < -0.3 is 0 Å². The largest absolute Gasteiger partial charge is 0.287 e.